The fraction of sp³-hybridized carbons (Fsp3) is 0.292. The molecule has 0 saturated carbocycles. The first-order valence-electron chi connectivity index (χ1n) is 10.9. The summed E-state index contributed by atoms with van der Waals surface area (Å²) in [6, 6.07) is 4.83. The summed E-state index contributed by atoms with van der Waals surface area (Å²) in [4.78, 5) is 17.2. The van der Waals surface area contributed by atoms with Crippen molar-refractivity contribution in [2.45, 2.75) is 13.3 Å². The van der Waals surface area contributed by atoms with Crippen LogP contribution in [0.4, 0.5) is 26.1 Å². The van der Waals surface area contributed by atoms with Gasteiger partial charge in [0.05, 0.1) is 11.9 Å². The van der Waals surface area contributed by atoms with Crippen LogP contribution < -0.4 is 15.0 Å². The van der Waals surface area contributed by atoms with Gasteiger partial charge in [0.2, 0.25) is 5.88 Å². The monoisotopic (exact) mass is 484 g/mol. The Bertz CT molecular complexity index is 1260. The van der Waals surface area contributed by atoms with Gasteiger partial charge in [-0.05, 0) is 32.5 Å². The number of fused-ring (bicyclic) bond motifs is 1. The Morgan fingerprint density at radius 2 is 1.88 bits per heavy atom. The summed E-state index contributed by atoms with van der Waals surface area (Å²) in [5.74, 6) is -0.802. The number of aromatic nitrogens is 3. The molecule has 1 saturated heterocycles. The Hall–Kier alpha value is -3.30. The van der Waals surface area contributed by atoms with E-state index in [1.165, 1.54) is 6.33 Å². The van der Waals surface area contributed by atoms with Crippen molar-refractivity contribution in [3.8, 4) is 11.6 Å². The van der Waals surface area contributed by atoms with E-state index in [4.69, 9.17) is 16.3 Å². The van der Waals surface area contributed by atoms with Crippen LogP contribution in [0.5, 0.6) is 11.6 Å². The van der Waals surface area contributed by atoms with Crippen LogP contribution in [0.15, 0.2) is 36.3 Å². The standard InChI is InChI=1S/C24H23ClF2N6O/c1-14-9-16-17(10-14)22(27)19(11-18(16)26)34-24-21(25)23(29-13-30-24)31-20-4-3-15(12-28-20)33-7-5-32(2)6-8-33/h3-4,10-13H,5-9H2,1-2H3,(H,28,29,30,31). The van der Waals surface area contributed by atoms with Gasteiger partial charge in [-0.15, -0.1) is 0 Å². The van der Waals surface area contributed by atoms with Crippen LogP contribution in [0, 0.1) is 11.6 Å². The van der Waals surface area contributed by atoms with E-state index in [2.05, 4.69) is 37.1 Å². The highest BCUT2D eigenvalue weighted by Gasteiger charge is 2.24. The molecule has 3 heterocycles. The van der Waals surface area contributed by atoms with Gasteiger partial charge in [0.1, 0.15) is 23.0 Å². The summed E-state index contributed by atoms with van der Waals surface area (Å²) in [5, 5.41) is 3.06. The van der Waals surface area contributed by atoms with Gasteiger partial charge in [0, 0.05) is 43.4 Å². The van der Waals surface area contributed by atoms with Gasteiger partial charge in [-0.2, -0.15) is 4.98 Å². The number of nitrogens with one attached hydrogen (secondary N) is 1. The van der Waals surface area contributed by atoms with E-state index in [-0.39, 0.29) is 28.0 Å². The minimum Gasteiger partial charge on any atom is -0.434 e. The Kier molecular flexibility index (Phi) is 6.05. The van der Waals surface area contributed by atoms with Gasteiger partial charge >= 0.3 is 0 Å². The third-order valence-corrected chi connectivity index (χ3v) is 6.34. The van der Waals surface area contributed by atoms with Crippen LogP contribution >= 0.6 is 11.6 Å². The molecule has 0 atom stereocenters. The van der Waals surface area contributed by atoms with Crippen LogP contribution in [-0.4, -0.2) is 53.1 Å². The Morgan fingerprint density at radius 3 is 2.62 bits per heavy atom. The van der Waals surface area contributed by atoms with E-state index < -0.39 is 11.6 Å². The maximum absolute atomic E-state index is 14.9. The number of allylic oxidation sites excluding steroid dienone is 1. The topological polar surface area (TPSA) is 66.4 Å². The number of anilines is 3. The van der Waals surface area contributed by atoms with Crippen molar-refractivity contribution in [3.05, 3.63) is 64.1 Å². The molecule has 10 heteroatoms. The first kappa shape index (κ1) is 22.5. The number of rotatable bonds is 5. The van der Waals surface area contributed by atoms with Crippen molar-refractivity contribution in [2.24, 2.45) is 0 Å². The molecule has 0 bridgehead atoms. The molecule has 2 aliphatic rings. The van der Waals surface area contributed by atoms with Gasteiger partial charge in [0.25, 0.3) is 0 Å². The summed E-state index contributed by atoms with van der Waals surface area (Å²) < 4.78 is 35.0. The molecular formula is C24H23ClF2N6O. The fourth-order valence-electron chi connectivity index (χ4n) is 4.09. The smallest absolute Gasteiger partial charge is 0.243 e. The minimum atomic E-state index is -0.654. The minimum absolute atomic E-state index is 0.0273. The molecule has 1 N–H and O–H groups in total. The van der Waals surface area contributed by atoms with Crippen molar-refractivity contribution in [1.29, 1.82) is 0 Å². The Labute approximate surface area is 201 Å². The molecule has 0 spiro atoms. The zero-order valence-electron chi connectivity index (χ0n) is 18.8. The summed E-state index contributed by atoms with van der Waals surface area (Å²) >= 11 is 6.43. The second kappa shape index (κ2) is 9.15. The molecule has 0 unspecified atom stereocenters. The molecule has 1 aliphatic carbocycles. The average molecular weight is 485 g/mol. The highest BCUT2D eigenvalue weighted by Crippen LogP contribution is 2.38. The molecule has 0 radical (unpaired) electrons. The summed E-state index contributed by atoms with van der Waals surface area (Å²) in [6.45, 7) is 5.72. The Morgan fingerprint density at radius 1 is 1.09 bits per heavy atom. The SMILES string of the molecule is CC1=Cc2c(F)c(Oc3ncnc(Nc4ccc(N5CCN(C)CC5)cn4)c3Cl)cc(F)c2C1. The van der Waals surface area contributed by atoms with E-state index in [1.807, 2.05) is 19.1 Å². The van der Waals surface area contributed by atoms with Crippen molar-refractivity contribution in [2.75, 3.05) is 43.4 Å². The van der Waals surface area contributed by atoms with Crippen molar-refractivity contribution in [1.82, 2.24) is 19.9 Å². The first-order valence-corrected chi connectivity index (χ1v) is 11.3. The predicted octanol–water partition coefficient (Wildman–Crippen LogP) is 5.05. The third-order valence-electron chi connectivity index (χ3n) is 6.00. The van der Waals surface area contributed by atoms with Crippen LogP contribution in [0.25, 0.3) is 6.08 Å². The van der Waals surface area contributed by atoms with Gasteiger partial charge in [-0.25, -0.2) is 18.7 Å². The molecular weight excluding hydrogens is 462 g/mol. The first-order chi connectivity index (χ1) is 16.4. The number of hydrogen-bond acceptors (Lipinski definition) is 7. The number of pyridine rings is 1. The lowest BCUT2D eigenvalue weighted by atomic mass is 10.1. The summed E-state index contributed by atoms with van der Waals surface area (Å²) in [6.07, 6.45) is 5.01. The number of hydrogen-bond donors (Lipinski definition) is 1. The van der Waals surface area contributed by atoms with Gasteiger partial charge in [0.15, 0.2) is 17.4 Å². The van der Waals surface area contributed by atoms with Crippen LogP contribution in [0.1, 0.15) is 18.1 Å². The number of ether oxygens (including phenoxy) is 1. The number of halogens is 3. The van der Waals surface area contributed by atoms with Crippen LogP contribution in [0.2, 0.25) is 5.02 Å². The van der Waals surface area contributed by atoms with Gasteiger partial charge < -0.3 is 19.9 Å². The molecule has 7 nitrogen and oxygen atoms in total. The van der Waals surface area contributed by atoms with Crippen molar-refractivity contribution in [3.63, 3.8) is 0 Å². The van der Waals surface area contributed by atoms with Crippen molar-refractivity contribution < 1.29 is 13.5 Å². The third kappa shape index (κ3) is 4.41. The molecule has 34 heavy (non-hydrogen) atoms. The molecule has 5 rings (SSSR count). The predicted molar refractivity (Wildman–Crippen MR) is 128 cm³/mol. The molecule has 1 aliphatic heterocycles. The van der Waals surface area contributed by atoms with E-state index in [9.17, 15) is 8.78 Å². The molecule has 2 aromatic heterocycles. The Balaban J connectivity index is 1.34. The summed E-state index contributed by atoms with van der Waals surface area (Å²) in [5.41, 5.74) is 2.43. The maximum atomic E-state index is 14.9. The lowest BCUT2D eigenvalue weighted by Gasteiger charge is -2.33. The highest BCUT2D eigenvalue weighted by atomic mass is 35.5. The van der Waals surface area contributed by atoms with E-state index in [0.29, 0.717) is 17.8 Å². The molecule has 1 aromatic carbocycles. The van der Waals surface area contributed by atoms with Gasteiger partial charge in [-0.1, -0.05) is 23.3 Å². The number of piperazine rings is 1. The highest BCUT2D eigenvalue weighted by molar-refractivity contribution is 6.34. The van der Waals surface area contributed by atoms with Crippen molar-refractivity contribution >= 4 is 35.0 Å². The largest absolute Gasteiger partial charge is 0.434 e. The zero-order valence-corrected chi connectivity index (χ0v) is 19.5. The van der Waals surface area contributed by atoms with E-state index in [0.717, 1.165) is 43.5 Å². The van der Waals surface area contributed by atoms with E-state index in [1.54, 1.807) is 12.3 Å². The average Bonchev–Trinajstić information content (AvgIpc) is 3.23. The van der Waals surface area contributed by atoms with Gasteiger partial charge in [-0.3, -0.25) is 0 Å². The lowest BCUT2D eigenvalue weighted by molar-refractivity contribution is 0.313. The maximum Gasteiger partial charge on any atom is 0.243 e. The number of likely N-dealkylation sites (N-methyl/N-ethyl adjacent to an activating group) is 1. The second-order valence-corrected chi connectivity index (χ2v) is 8.87. The molecule has 3 aromatic rings. The van der Waals surface area contributed by atoms with Crippen LogP contribution in [0.3, 0.4) is 0 Å². The second-order valence-electron chi connectivity index (χ2n) is 8.49. The molecule has 0 amide bonds. The van der Waals surface area contributed by atoms with Crippen LogP contribution in [-0.2, 0) is 6.42 Å². The fourth-order valence-corrected chi connectivity index (χ4v) is 4.27. The molecule has 1 fully saturated rings. The zero-order chi connectivity index (χ0) is 23.8. The lowest BCUT2D eigenvalue weighted by Crippen LogP contribution is -2.44. The molecule has 176 valence electrons. The normalized spacial score (nSPS) is 15.8. The summed E-state index contributed by atoms with van der Waals surface area (Å²) in [7, 11) is 2.11. The number of benzene rings is 1. The quantitative estimate of drug-likeness (QED) is 0.543. The number of nitrogens with zero attached hydrogens (tertiary/aromatic N) is 5. The van der Waals surface area contributed by atoms with E-state index >= 15 is 0 Å².